The fourth-order valence-corrected chi connectivity index (χ4v) is 4.89. The molecule has 0 heterocycles. The molecule has 0 aliphatic carbocycles. The van der Waals surface area contributed by atoms with Crippen LogP contribution in [0.2, 0.25) is 0 Å². The van der Waals surface area contributed by atoms with Gasteiger partial charge in [0, 0.05) is 11.1 Å². The van der Waals surface area contributed by atoms with Crippen molar-refractivity contribution in [1.82, 2.24) is 0 Å². The summed E-state index contributed by atoms with van der Waals surface area (Å²) in [4.78, 5) is 13.0. The molecule has 2 N–H and O–H groups in total. The average Bonchev–Trinajstić information content (AvgIpc) is 2.85. The highest BCUT2D eigenvalue weighted by molar-refractivity contribution is 7.92. The summed E-state index contributed by atoms with van der Waals surface area (Å²) in [5.41, 5.74) is 2.82. The van der Waals surface area contributed by atoms with Gasteiger partial charge < -0.3 is 10.1 Å². The van der Waals surface area contributed by atoms with E-state index in [0.29, 0.717) is 23.5 Å². The highest BCUT2D eigenvalue weighted by Crippen LogP contribution is 2.27. The standard InChI is InChI=1S/C28H28N2O4S/c1-4-26(34-27-11-7-9-21-8-5-6-10-24(21)27)28(31)29-22-14-16-23(17-15-22)35(32,33)30-25-18-19(2)12-13-20(25)3/h5-18,26,30H,4H2,1-3H3,(H,29,31)/t26-/m0/s1. The number of hydrogen-bond donors (Lipinski definition) is 2. The first-order valence-electron chi connectivity index (χ1n) is 11.4. The maximum absolute atomic E-state index is 12.9. The van der Waals surface area contributed by atoms with Crippen LogP contribution in [0.1, 0.15) is 24.5 Å². The first-order valence-corrected chi connectivity index (χ1v) is 12.9. The van der Waals surface area contributed by atoms with Gasteiger partial charge in [-0.1, -0.05) is 55.5 Å². The summed E-state index contributed by atoms with van der Waals surface area (Å²) in [5.74, 6) is 0.341. The number of anilines is 2. The largest absolute Gasteiger partial charge is 0.480 e. The molecule has 0 spiro atoms. The van der Waals surface area contributed by atoms with Gasteiger partial charge in [0.15, 0.2) is 6.10 Å². The lowest BCUT2D eigenvalue weighted by Crippen LogP contribution is -2.32. The Balaban J connectivity index is 1.46. The molecule has 0 bridgehead atoms. The van der Waals surface area contributed by atoms with Gasteiger partial charge in [0.1, 0.15) is 5.75 Å². The number of hydrogen-bond acceptors (Lipinski definition) is 4. The van der Waals surface area contributed by atoms with E-state index in [2.05, 4.69) is 10.0 Å². The second kappa shape index (κ2) is 10.2. The highest BCUT2D eigenvalue weighted by atomic mass is 32.2. The van der Waals surface area contributed by atoms with E-state index in [0.717, 1.165) is 21.9 Å². The van der Waals surface area contributed by atoms with Crippen LogP contribution in [0.25, 0.3) is 10.8 Å². The number of aryl methyl sites for hydroxylation is 2. The second-order valence-electron chi connectivity index (χ2n) is 8.43. The van der Waals surface area contributed by atoms with Crippen molar-refractivity contribution in [3.05, 3.63) is 96.1 Å². The molecule has 7 heteroatoms. The molecular weight excluding hydrogens is 460 g/mol. The SMILES string of the molecule is CC[C@H](Oc1cccc2ccccc12)C(=O)Nc1ccc(S(=O)(=O)Nc2cc(C)ccc2C)cc1. The molecule has 4 aromatic carbocycles. The molecule has 0 radical (unpaired) electrons. The predicted molar refractivity (Wildman–Crippen MR) is 140 cm³/mol. The van der Waals surface area contributed by atoms with Gasteiger partial charge in [0.05, 0.1) is 10.6 Å². The van der Waals surface area contributed by atoms with E-state index in [-0.39, 0.29) is 10.8 Å². The quantitative estimate of drug-likeness (QED) is 0.316. The zero-order valence-electron chi connectivity index (χ0n) is 19.9. The van der Waals surface area contributed by atoms with Crippen LogP contribution in [0.15, 0.2) is 89.8 Å². The third-order valence-corrected chi connectivity index (χ3v) is 7.13. The van der Waals surface area contributed by atoms with Gasteiger partial charge in [-0.3, -0.25) is 9.52 Å². The normalized spacial score (nSPS) is 12.2. The van der Waals surface area contributed by atoms with Crippen molar-refractivity contribution >= 4 is 38.1 Å². The number of benzene rings is 4. The molecule has 0 saturated heterocycles. The summed E-state index contributed by atoms with van der Waals surface area (Å²) in [7, 11) is -3.77. The van der Waals surface area contributed by atoms with Crippen LogP contribution in [0, 0.1) is 13.8 Å². The van der Waals surface area contributed by atoms with E-state index >= 15 is 0 Å². The van der Waals surface area contributed by atoms with E-state index in [1.54, 1.807) is 18.2 Å². The smallest absolute Gasteiger partial charge is 0.265 e. The topological polar surface area (TPSA) is 84.5 Å². The predicted octanol–water partition coefficient (Wildman–Crippen LogP) is 6.05. The molecule has 1 amide bonds. The fraction of sp³-hybridized carbons (Fsp3) is 0.179. The summed E-state index contributed by atoms with van der Waals surface area (Å²) in [6.07, 6.45) is -0.225. The van der Waals surface area contributed by atoms with E-state index in [1.807, 2.05) is 75.4 Å². The molecular formula is C28H28N2O4S. The second-order valence-corrected chi connectivity index (χ2v) is 10.1. The van der Waals surface area contributed by atoms with Gasteiger partial charge in [0.2, 0.25) is 0 Å². The van der Waals surface area contributed by atoms with Crippen molar-refractivity contribution in [1.29, 1.82) is 0 Å². The summed E-state index contributed by atoms with van der Waals surface area (Å²) in [5, 5.41) is 4.80. The zero-order valence-corrected chi connectivity index (χ0v) is 20.7. The molecule has 6 nitrogen and oxygen atoms in total. The van der Waals surface area contributed by atoms with Gasteiger partial charge in [-0.05, 0) is 73.2 Å². The number of ether oxygens (including phenoxy) is 1. The van der Waals surface area contributed by atoms with Crippen molar-refractivity contribution in [3.63, 3.8) is 0 Å². The van der Waals surface area contributed by atoms with Gasteiger partial charge in [-0.2, -0.15) is 0 Å². The van der Waals surface area contributed by atoms with E-state index < -0.39 is 16.1 Å². The minimum atomic E-state index is -3.77. The van der Waals surface area contributed by atoms with Crippen LogP contribution in [-0.4, -0.2) is 20.4 Å². The Labute approximate surface area is 206 Å². The van der Waals surface area contributed by atoms with E-state index in [4.69, 9.17) is 4.74 Å². The van der Waals surface area contributed by atoms with Crippen LogP contribution in [0.4, 0.5) is 11.4 Å². The third-order valence-electron chi connectivity index (χ3n) is 5.75. The Kier molecular flexibility index (Phi) is 7.07. The molecule has 4 rings (SSSR count). The molecule has 0 aliphatic heterocycles. The summed E-state index contributed by atoms with van der Waals surface area (Å²) < 4.78 is 34.4. The van der Waals surface area contributed by atoms with Crippen molar-refractivity contribution in [2.24, 2.45) is 0 Å². The molecule has 0 aliphatic rings. The Morgan fingerprint density at radius 1 is 0.914 bits per heavy atom. The molecule has 35 heavy (non-hydrogen) atoms. The number of carbonyl (C=O) groups excluding carboxylic acids is 1. The maximum Gasteiger partial charge on any atom is 0.265 e. The molecule has 0 fully saturated rings. The van der Waals surface area contributed by atoms with Crippen molar-refractivity contribution < 1.29 is 17.9 Å². The highest BCUT2D eigenvalue weighted by Gasteiger charge is 2.20. The Bertz CT molecular complexity index is 1460. The monoisotopic (exact) mass is 488 g/mol. The molecule has 1 atom stereocenters. The minimum Gasteiger partial charge on any atom is -0.480 e. The summed E-state index contributed by atoms with van der Waals surface area (Å²) in [6, 6.07) is 25.2. The third kappa shape index (κ3) is 5.63. The van der Waals surface area contributed by atoms with Gasteiger partial charge >= 0.3 is 0 Å². The lowest BCUT2D eigenvalue weighted by Gasteiger charge is -2.19. The van der Waals surface area contributed by atoms with Crippen molar-refractivity contribution in [2.75, 3.05) is 10.0 Å². The van der Waals surface area contributed by atoms with Gasteiger partial charge in [0.25, 0.3) is 15.9 Å². The lowest BCUT2D eigenvalue weighted by molar-refractivity contribution is -0.122. The van der Waals surface area contributed by atoms with Crippen LogP contribution < -0.4 is 14.8 Å². The van der Waals surface area contributed by atoms with Crippen molar-refractivity contribution in [2.45, 2.75) is 38.2 Å². The molecule has 0 aromatic heterocycles. The van der Waals surface area contributed by atoms with E-state index in [9.17, 15) is 13.2 Å². The first-order chi connectivity index (χ1) is 16.8. The molecule has 180 valence electrons. The summed E-state index contributed by atoms with van der Waals surface area (Å²) in [6.45, 7) is 5.63. The fourth-order valence-electron chi connectivity index (χ4n) is 3.76. The lowest BCUT2D eigenvalue weighted by atomic mass is 10.1. The number of rotatable bonds is 8. The Hall–Kier alpha value is -3.84. The summed E-state index contributed by atoms with van der Waals surface area (Å²) >= 11 is 0. The number of amides is 1. The Morgan fingerprint density at radius 3 is 2.37 bits per heavy atom. The first kappa shape index (κ1) is 24.3. The number of carbonyl (C=O) groups is 1. The van der Waals surface area contributed by atoms with Crippen LogP contribution in [0.3, 0.4) is 0 Å². The van der Waals surface area contributed by atoms with Crippen LogP contribution >= 0.6 is 0 Å². The average molecular weight is 489 g/mol. The molecule has 4 aromatic rings. The molecule has 0 saturated carbocycles. The van der Waals surface area contributed by atoms with E-state index in [1.165, 1.54) is 12.1 Å². The minimum absolute atomic E-state index is 0.107. The number of sulfonamides is 1. The maximum atomic E-state index is 12.9. The number of fused-ring (bicyclic) bond motifs is 1. The van der Waals surface area contributed by atoms with Crippen LogP contribution in [0.5, 0.6) is 5.75 Å². The zero-order chi connectivity index (χ0) is 25.0. The van der Waals surface area contributed by atoms with Gasteiger partial charge in [-0.15, -0.1) is 0 Å². The van der Waals surface area contributed by atoms with Crippen molar-refractivity contribution in [3.8, 4) is 5.75 Å². The van der Waals surface area contributed by atoms with Gasteiger partial charge in [-0.25, -0.2) is 8.42 Å². The number of nitrogens with one attached hydrogen (secondary N) is 2. The molecule has 0 unspecified atom stereocenters. The Morgan fingerprint density at radius 2 is 1.63 bits per heavy atom. The van der Waals surface area contributed by atoms with Crippen LogP contribution in [-0.2, 0) is 14.8 Å².